The Hall–Kier alpha value is -4.84. The molecule has 6 nitrogen and oxygen atoms in total. The number of aliphatic hydroxyl groups excluding tert-OH is 3. The molecule has 4 N–H and O–H groups in total. The predicted octanol–water partition coefficient (Wildman–Crippen LogP) is 9.33. The molecule has 0 spiro atoms. The third-order valence-corrected chi connectivity index (χ3v) is 7.43. The summed E-state index contributed by atoms with van der Waals surface area (Å²) in [6.45, 7) is 13.7. The second-order valence-electron chi connectivity index (χ2n) is 9.76. The average Bonchev–Trinajstić information content (AvgIpc) is 3.37. The molecule has 40 heavy (non-hydrogen) atoms. The van der Waals surface area contributed by atoms with Crippen molar-refractivity contribution in [3.05, 3.63) is 131 Å². The molecule has 1 aromatic heterocycles. The number of fused-ring (bicyclic) bond motifs is 3. The second kappa shape index (κ2) is 11.5. The fourth-order valence-electron chi connectivity index (χ4n) is 5.10. The van der Waals surface area contributed by atoms with E-state index in [1.807, 2.05) is 75.2 Å². The molecule has 4 rings (SSSR count). The van der Waals surface area contributed by atoms with Crippen molar-refractivity contribution in [3.63, 3.8) is 0 Å². The van der Waals surface area contributed by atoms with E-state index in [0.717, 1.165) is 44.2 Å². The van der Waals surface area contributed by atoms with Gasteiger partial charge < -0.3 is 29.7 Å². The van der Waals surface area contributed by atoms with Crippen molar-refractivity contribution >= 4 is 21.9 Å². The maximum absolute atomic E-state index is 11.0. The molecule has 0 radical (unpaired) electrons. The van der Waals surface area contributed by atoms with Crippen LogP contribution in [0.4, 0.5) is 0 Å². The average molecular weight is 538 g/mol. The Labute approximate surface area is 234 Å². The first-order valence-electron chi connectivity index (χ1n) is 13.1. The normalized spacial score (nSPS) is 13.4. The van der Waals surface area contributed by atoms with Gasteiger partial charge in [0.25, 0.3) is 0 Å². The first kappa shape index (κ1) is 28.2. The summed E-state index contributed by atoms with van der Waals surface area (Å²) in [4.78, 5) is 1.99. The molecule has 1 heterocycles. The summed E-state index contributed by atoms with van der Waals surface area (Å²) in [5, 5.41) is 42.3. The van der Waals surface area contributed by atoms with Gasteiger partial charge in [0.1, 0.15) is 11.2 Å². The molecule has 0 aliphatic heterocycles. The highest BCUT2D eigenvalue weighted by molar-refractivity contribution is 6.13. The molecule has 0 saturated heterocycles. The maximum atomic E-state index is 11.0. The Bertz CT molecular complexity index is 1680. The van der Waals surface area contributed by atoms with Crippen molar-refractivity contribution in [1.29, 1.82) is 0 Å². The van der Waals surface area contributed by atoms with Gasteiger partial charge in [0, 0.05) is 23.5 Å². The Morgan fingerprint density at radius 2 is 1.52 bits per heavy atom. The minimum Gasteiger partial charge on any atom is -0.504 e. The van der Waals surface area contributed by atoms with E-state index >= 15 is 0 Å². The Kier molecular flexibility index (Phi) is 8.10. The van der Waals surface area contributed by atoms with Crippen molar-refractivity contribution in [2.24, 2.45) is 0 Å². The fourth-order valence-corrected chi connectivity index (χ4v) is 5.10. The van der Waals surface area contributed by atoms with Gasteiger partial charge in [-0.05, 0) is 60.2 Å². The fraction of sp³-hybridized carbons (Fsp3) is 0.176. The number of benzene rings is 3. The number of furan rings is 1. The van der Waals surface area contributed by atoms with Gasteiger partial charge >= 0.3 is 5.95 Å². The number of nitrogens with zero attached hydrogens (tertiary/aromatic N) is 1. The van der Waals surface area contributed by atoms with E-state index in [1.54, 1.807) is 0 Å². The zero-order valence-electron chi connectivity index (χ0n) is 23.3. The van der Waals surface area contributed by atoms with Crippen LogP contribution in [0.2, 0.25) is 0 Å². The highest BCUT2D eigenvalue weighted by atomic mass is 16.5. The van der Waals surface area contributed by atoms with Crippen LogP contribution >= 0.6 is 0 Å². The third kappa shape index (κ3) is 4.96. The molecular weight excluding hydrogens is 502 g/mol. The monoisotopic (exact) mass is 537 g/mol. The van der Waals surface area contributed by atoms with Crippen LogP contribution in [0.5, 0.6) is 0 Å². The lowest BCUT2D eigenvalue weighted by molar-refractivity contribution is 0.152. The topological polar surface area (TPSA) is 97.3 Å². The van der Waals surface area contributed by atoms with Gasteiger partial charge in [0.05, 0.1) is 11.6 Å². The molecule has 0 saturated carbocycles. The van der Waals surface area contributed by atoms with Gasteiger partial charge in [-0.3, -0.25) is 0 Å². The van der Waals surface area contributed by atoms with Gasteiger partial charge in [-0.1, -0.05) is 80.8 Å². The quantitative estimate of drug-likeness (QED) is 0.125. The van der Waals surface area contributed by atoms with Crippen LogP contribution < -0.4 is 0 Å². The van der Waals surface area contributed by atoms with Crippen LogP contribution in [-0.2, 0) is 0 Å². The van der Waals surface area contributed by atoms with Crippen molar-refractivity contribution in [3.8, 4) is 11.1 Å². The number of rotatable bonds is 9. The molecular formula is C34H35NO5. The summed E-state index contributed by atoms with van der Waals surface area (Å²) in [6, 6.07) is 21.9. The van der Waals surface area contributed by atoms with E-state index in [1.165, 1.54) is 6.08 Å². The van der Waals surface area contributed by atoms with E-state index in [-0.39, 0.29) is 11.6 Å². The van der Waals surface area contributed by atoms with Crippen molar-refractivity contribution < 1.29 is 24.8 Å². The van der Waals surface area contributed by atoms with Crippen molar-refractivity contribution in [2.45, 2.75) is 33.2 Å². The van der Waals surface area contributed by atoms with Gasteiger partial charge in [0.2, 0.25) is 5.76 Å². The number of likely N-dealkylation sites (N-methyl/N-ethyl adjacent to an activating group) is 1. The lowest BCUT2D eigenvalue weighted by atomic mass is 9.92. The molecule has 3 aromatic carbocycles. The standard InChI is InChI=1S/C34H35NO5/c1-7-20(3)28(32(36)33(37)34(38)39)31(21(4)8-2)35(6)22(5)24-16-12-18-26-29(24)30-25(17-13-19-27(30)40-26)23-14-10-9-11-15-23/h7,9-19,22,36-39H,1,3,8H2,2,4-6H3/b31-21+,32-28-. The molecule has 4 aromatic rings. The number of aliphatic hydroxyl groups is 4. The first-order chi connectivity index (χ1) is 19.1. The molecule has 1 atom stereocenters. The Morgan fingerprint density at radius 3 is 2.12 bits per heavy atom. The highest BCUT2D eigenvalue weighted by Gasteiger charge is 2.28. The first-order valence-corrected chi connectivity index (χ1v) is 13.1. The van der Waals surface area contributed by atoms with Gasteiger partial charge in [0.15, 0.2) is 5.76 Å². The summed E-state index contributed by atoms with van der Waals surface area (Å²) < 4.78 is 6.31. The van der Waals surface area contributed by atoms with Crippen LogP contribution in [0.3, 0.4) is 0 Å². The van der Waals surface area contributed by atoms with Crippen LogP contribution in [-0.4, -0.2) is 32.4 Å². The Morgan fingerprint density at radius 1 is 0.900 bits per heavy atom. The molecule has 0 aliphatic carbocycles. The van der Waals surface area contributed by atoms with Crippen LogP contribution in [0.15, 0.2) is 130 Å². The molecule has 6 heteroatoms. The van der Waals surface area contributed by atoms with Crippen LogP contribution in [0.25, 0.3) is 33.1 Å². The Balaban J connectivity index is 1.98. The third-order valence-electron chi connectivity index (χ3n) is 7.43. The summed E-state index contributed by atoms with van der Waals surface area (Å²) in [6.07, 6.45) is 2.07. The summed E-state index contributed by atoms with van der Waals surface area (Å²) in [5.74, 6) is -3.14. The highest BCUT2D eigenvalue weighted by Crippen LogP contribution is 2.42. The van der Waals surface area contributed by atoms with E-state index < -0.39 is 17.5 Å². The summed E-state index contributed by atoms with van der Waals surface area (Å²) in [7, 11) is 1.89. The van der Waals surface area contributed by atoms with Crippen molar-refractivity contribution in [2.75, 3.05) is 7.05 Å². The van der Waals surface area contributed by atoms with E-state index in [9.17, 15) is 20.4 Å². The molecule has 0 fully saturated rings. The molecule has 1 unspecified atom stereocenters. The minimum atomic E-state index is -1.39. The second-order valence-corrected chi connectivity index (χ2v) is 9.76. The van der Waals surface area contributed by atoms with E-state index in [0.29, 0.717) is 17.7 Å². The molecule has 0 bridgehead atoms. The zero-order valence-corrected chi connectivity index (χ0v) is 23.3. The number of allylic oxidation sites excluding steroid dienone is 3. The smallest absolute Gasteiger partial charge is 0.322 e. The van der Waals surface area contributed by atoms with Gasteiger partial charge in [-0.15, -0.1) is 0 Å². The SMILES string of the molecule is C=CC(=C)C(=C(/O)C(O)=C(O)O)/C(=C(/C)CC)N(C)C(C)c1cccc2oc3cccc(-c4ccccc4)c3c12. The number of hydrogen-bond acceptors (Lipinski definition) is 6. The maximum Gasteiger partial charge on any atom is 0.322 e. The van der Waals surface area contributed by atoms with Gasteiger partial charge in [-0.25, -0.2) is 0 Å². The predicted molar refractivity (Wildman–Crippen MR) is 162 cm³/mol. The molecule has 206 valence electrons. The van der Waals surface area contributed by atoms with Gasteiger partial charge in [-0.2, -0.15) is 0 Å². The lowest BCUT2D eigenvalue weighted by Gasteiger charge is -2.33. The molecule has 0 amide bonds. The van der Waals surface area contributed by atoms with Crippen LogP contribution in [0.1, 0.15) is 38.8 Å². The summed E-state index contributed by atoms with van der Waals surface area (Å²) >= 11 is 0. The zero-order chi connectivity index (χ0) is 29.1. The summed E-state index contributed by atoms with van der Waals surface area (Å²) in [5.41, 5.74) is 6.61. The van der Waals surface area contributed by atoms with Crippen molar-refractivity contribution in [1.82, 2.24) is 4.90 Å². The molecule has 0 aliphatic rings. The van der Waals surface area contributed by atoms with E-state index in [2.05, 4.69) is 37.4 Å². The largest absolute Gasteiger partial charge is 0.504 e. The number of hydrogen-bond donors (Lipinski definition) is 4. The van der Waals surface area contributed by atoms with Crippen LogP contribution in [0, 0.1) is 0 Å². The lowest BCUT2D eigenvalue weighted by Crippen LogP contribution is -2.26. The minimum absolute atomic E-state index is 0.149. The van der Waals surface area contributed by atoms with E-state index in [4.69, 9.17) is 4.42 Å².